The van der Waals surface area contributed by atoms with Gasteiger partial charge in [-0.15, -0.1) is 11.3 Å². The molecule has 0 bridgehead atoms. The van der Waals surface area contributed by atoms with Crippen LogP contribution in [-0.4, -0.2) is 25.8 Å². The fraction of sp³-hybridized carbons (Fsp3) is 0.125. The van der Waals surface area contributed by atoms with Crippen molar-refractivity contribution in [2.24, 2.45) is 7.05 Å². The number of aromatic nitrogens is 3. The van der Waals surface area contributed by atoms with Crippen molar-refractivity contribution in [1.82, 2.24) is 14.8 Å². The maximum atomic E-state index is 10.6. The SMILES string of the molecule is Cn1ccc(Nc2nc(C(=O)O)cs2)n1. The summed E-state index contributed by atoms with van der Waals surface area (Å²) in [4.78, 5) is 14.4. The van der Waals surface area contributed by atoms with Gasteiger partial charge in [0.05, 0.1) is 0 Å². The molecule has 0 amide bonds. The Hall–Kier alpha value is -1.89. The van der Waals surface area contributed by atoms with Gasteiger partial charge in [0.1, 0.15) is 0 Å². The number of aromatic carboxylic acids is 1. The Morgan fingerprint density at radius 2 is 2.47 bits per heavy atom. The molecule has 78 valence electrons. The van der Waals surface area contributed by atoms with Gasteiger partial charge in [-0.2, -0.15) is 5.10 Å². The Kier molecular flexibility index (Phi) is 2.38. The molecule has 0 fully saturated rings. The molecule has 6 nitrogen and oxygen atoms in total. The fourth-order valence-electron chi connectivity index (χ4n) is 1.02. The molecule has 0 aromatic carbocycles. The van der Waals surface area contributed by atoms with E-state index >= 15 is 0 Å². The zero-order valence-electron chi connectivity index (χ0n) is 7.84. The Morgan fingerprint density at radius 1 is 1.67 bits per heavy atom. The zero-order valence-corrected chi connectivity index (χ0v) is 8.65. The van der Waals surface area contributed by atoms with Crippen molar-refractivity contribution < 1.29 is 9.90 Å². The predicted octanol–water partition coefficient (Wildman–Crippen LogP) is 1.32. The number of carboxylic acid groups (broad SMARTS) is 1. The van der Waals surface area contributed by atoms with E-state index in [0.29, 0.717) is 10.9 Å². The summed E-state index contributed by atoms with van der Waals surface area (Å²) in [7, 11) is 1.80. The Balaban J connectivity index is 2.14. The molecule has 2 N–H and O–H groups in total. The number of hydrogen-bond acceptors (Lipinski definition) is 5. The number of carboxylic acids is 1. The van der Waals surface area contributed by atoms with Crippen molar-refractivity contribution in [3.05, 3.63) is 23.3 Å². The van der Waals surface area contributed by atoms with Gasteiger partial charge in [-0.05, 0) is 0 Å². The third-order valence-electron chi connectivity index (χ3n) is 1.67. The molecule has 0 radical (unpaired) electrons. The van der Waals surface area contributed by atoms with Crippen molar-refractivity contribution in [3.8, 4) is 0 Å². The summed E-state index contributed by atoms with van der Waals surface area (Å²) in [5.41, 5.74) is 0.0402. The second kappa shape index (κ2) is 3.70. The van der Waals surface area contributed by atoms with Crippen LogP contribution in [0.5, 0.6) is 0 Å². The van der Waals surface area contributed by atoms with Gasteiger partial charge in [-0.1, -0.05) is 0 Å². The molecule has 2 aromatic rings. The Labute approximate surface area is 89.2 Å². The summed E-state index contributed by atoms with van der Waals surface area (Å²) in [6, 6.07) is 1.78. The molecule has 2 aromatic heterocycles. The van der Waals surface area contributed by atoms with E-state index in [1.165, 1.54) is 16.7 Å². The minimum atomic E-state index is -1.03. The minimum absolute atomic E-state index is 0.0402. The Morgan fingerprint density at radius 3 is 3.00 bits per heavy atom. The number of nitrogens with zero attached hydrogens (tertiary/aromatic N) is 3. The highest BCUT2D eigenvalue weighted by Gasteiger charge is 2.08. The summed E-state index contributed by atoms with van der Waals surface area (Å²) in [5.74, 6) is -0.385. The second-order valence-electron chi connectivity index (χ2n) is 2.84. The van der Waals surface area contributed by atoms with Gasteiger partial charge in [0.15, 0.2) is 16.6 Å². The van der Waals surface area contributed by atoms with Crippen LogP contribution in [0.4, 0.5) is 10.9 Å². The largest absolute Gasteiger partial charge is 0.476 e. The van der Waals surface area contributed by atoms with E-state index in [9.17, 15) is 4.79 Å². The van der Waals surface area contributed by atoms with Crippen LogP contribution >= 0.6 is 11.3 Å². The third kappa shape index (κ3) is 2.13. The molecule has 0 spiro atoms. The lowest BCUT2D eigenvalue weighted by Gasteiger charge is -1.95. The van der Waals surface area contributed by atoms with E-state index in [2.05, 4.69) is 15.4 Å². The van der Waals surface area contributed by atoms with Crippen LogP contribution in [0.1, 0.15) is 10.5 Å². The molecular weight excluding hydrogens is 216 g/mol. The lowest BCUT2D eigenvalue weighted by molar-refractivity contribution is 0.0691. The van der Waals surface area contributed by atoms with Crippen LogP contribution in [0.15, 0.2) is 17.6 Å². The van der Waals surface area contributed by atoms with Crippen LogP contribution in [0.2, 0.25) is 0 Å². The highest BCUT2D eigenvalue weighted by atomic mass is 32.1. The molecular formula is C8H8N4O2S. The van der Waals surface area contributed by atoms with Crippen molar-refractivity contribution in [1.29, 1.82) is 0 Å². The van der Waals surface area contributed by atoms with E-state index < -0.39 is 5.97 Å². The maximum absolute atomic E-state index is 10.6. The highest BCUT2D eigenvalue weighted by molar-refractivity contribution is 7.14. The lowest BCUT2D eigenvalue weighted by atomic mass is 10.5. The maximum Gasteiger partial charge on any atom is 0.355 e. The quantitative estimate of drug-likeness (QED) is 0.821. The molecule has 7 heteroatoms. The molecule has 0 aliphatic rings. The predicted molar refractivity (Wildman–Crippen MR) is 55.6 cm³/mol. The summed E-state index contributed by atoms with van der Waals surface area (Å²) >= 11 is 1.23. The summed E-state index contributed by atoms with van der Waals surface area (Å²) in [6.45, 7) is 0. The van der Waals surface area contributed by atoms with Gasteiger partial charge < -0.3 is 10.4 Å². The number of hydrogen-bond donors (Lipinski definition) is 2. The molecule has 0 aliphatic heterocycles. The van der Waals surface area contributed by atoms with Crippen molar-refractivity contribution in [2.75, 3.05) is 5.32 Å². The van der Waals surface area contributed by atoms with Gasteiger partial charge in [-0.3, -0.25) is 4.68 Å². The lowest BCUT2D eigenvalue weighted by Crippen LogP contribution is -1.97. The molecule has 0 aliphatic carbocycles. The first-order valence-electron chi connectivity index (χ1n) is 4.10. The number of nitrogens with one attached hydrogen (secondary N) is 1. The van der Waals surface area contributed by atoms with Crippen molar-refractivity contribution >= 4 is 28.3 Å². The monoisotopic (exact) mass is 224 g/mol. The second-order valence-corrected chi connectivity index (χ2v) is 3.70. The van der Waals surface area contributed by atoms with Crippen molar-refractivity contribution in [2.45, 2.75) is 0 Å². The molecule has 15 heavy (non-hydrogen) atoms. The van der Waals surface area contributed by atoms with E-state index in [4.69, 9.17) is 5.11 Å². The normalized spacial score (nSPS) is 10.2. The number of thiazole rings is 1. The summed E-state index contributed by atoms with van der Waals surface area (Å²) in [6.07, 6.45) is 1.79. The van der Waals surface area contributed by atoms with Gasteiger partial charge in [0.2, 0.25) is 0 Å². The van der Waals surface area contributed by atoms with E-state index in [0.717, 1.165) is 0 Å². The number of aryl methyl sites for hydroxylation is 1. The van der Waals surface area contributed by atoms with Gasteiger partial charge in [0.25, 0.3) is 0 Å². The molecule has 0 atom stereocenters. The first kappa shape index (κ1) is 9.66. The van der Waals surface area contributed by atoms with Gasteiger partial charge >= 0.3 is 5.97 Å². The Bertz CT molecular complexity index is 490. The van der Waals surface area contributed by atoms with Crippen LogP contribution in [-0.2, 0) is 7.05 Å². The smallest absolute Gasteiger partial charge is 0.355 e. The van der Waals surface area contributed by atoms with Gasteiger partial charge in [-0.25, -0.2) is 9.78 Å². The first-order valence-corrected chi connectivity index (χ1v) is 4.98. The van der Waals surface area contributed by atoms with E-state index in [1.54, 1.807) is 24.0 Å². The standard InChI is InChI=1S/C8H8N4O2S/c1-12-3-2-6(11-12)10-8-9-5(4-15-8)7(13)14/h2-4H,1H3,(H,13,14)(H,9,10,11). The van der Waals surface area contributed by atoms with Crippen LogP contribution in [0, 0.1) is 0 Å². The van der Waals surface area contributed by atoms with Crippen LogP contribution < -0.4 is 5.32 Å². The van der Waals surface area contributed by atoms with Gasteiger partial charge in [0, 0.05) is 24.7 Å². The minimum Gasteiger partial charge on any atom is -0.476 e. The van der Waals surface area contributed by atoms with E-state index in [1.807, 2.05) is 0 Å². The molecule has 0 saturated carbocycles. The summed E-state index contributed by atoms with van der Waals surface area (Å²) < 4.78 is 1.65. The third-order valence-corrected chi connectivity index (χ3v) is 2.43. The van der Waals surface area contributed by atoms with Crippen molar-refractivity contribution in [3.63, 3.8) is 0 Å². The highest BCUT2D eigenvalue weighted by Crippen LogP contribution is 2.19. The average Bonchev–Trinajstić information content (AvgIpc) is 2.76. The van der Waals surface area contributed by atoms with Crippen LogP contribution in [0.3, 0.4) is 0 Å². The molecule has 0 unspecified atom stereocenters. The zero-order chi connectivity index (χ0) is 10.8. The van der Waals surface area contributed by atoms with E-state index in [-0.39, 0.29) is 5.69 Å². The topological polar surface area (TPSA) is 80.0 Å². The first-order chi connectivity index (χ1) is 7.15. The number of anilines is 2. The molecule has 2 rings (SSSR count). The number of rotatable bonds is 3. The van der Waals surface area contributed by atoms with Crippen LogP contribution in [0.25, 0.3) is 0 Å². The number of carbonyl (C=O) groups is 1. The molecule has 0 saturated heterocycles. The fourth-order valence-corrected chi connectivity index (χ4v) is 1.71. The molecule has 2 heterocycles. The summed E-state index contributed by atoms with van der Waals surface area (Å²) in [5, 5.41) is 17.7. The average molecular weight is 224 g/mol.